The van der Waals surface area contributed by atoms with E-state index in [9.17, 15) is 10.2 Å². The Labute approximate surface area is 185 Å². The summed E-state index contributed by atoms with van der Waals surface area (Å²) in [6.07, 6.45) is 3.54. The number of hydrogen-bond donors (Lipinski definition) is 2. The molecule has 6 rings (SSSR count). The van der Waals surface area contributed by atoms with Gasteiger partial charge in [0.1, 0.15) is 11.2 Å². The molecule has 0 aromatic carbocycles. The molecule has 2 unspecified atom stereocenters. The van der Waals surface area contributed by atoms with E-state index in [-0.39, 0.29) is 52.9 Å². The van der Waals surface area contributed by atoms with Crippen LogP contribution in [0.3, 0.4) is 0 Å². The fraction of sp³-hybridized carbons (Fsp3) is 1.00. The number of hydrogen-bond acceptors (Lipinski definition) is 7. The van der Waals surface area contributed by atoms with Crippen LogP contribution in [0.2, 0.25) is 0 Å². The maximum atomic E-state index is 12.6. The number of rotatable bonds is 5. The van der Waals surface area contributed by atoms with Crippen molar-refractivity contribution in [2.24, 2.45) is 29.1 Å². The Kier molecular flexibility index (Phi) is 4.41. The molecule has 1 spiro atoms. The van der Waals surface area contributed by atoms with Crippen molar-refractivity contribution in [3.8, 4) is 0 Å². The molecular formula is C24H39NO6. The molecule has 5 aliphatic carbocycles. The second-order valence-electron chi connectivity index (χ2n) is 11.3. The molecule has 0 radical (unpaired) electrons. The van der Waals surface area contributed by atoms with Crippen molar-refractivity contribution in [2.75, 3.05) is 41.5 Å². The average molecular weight is 438 g/mol. The van der Waals surface area contributed by atoms with Gasteiger partial charge in [-0.1, -0.05) is 6.92 Å². The Balaban J connectivity index is 1.63. The highest BCUT2D eigenvalue weighted by Crippen LogP contribution is 2.79. The molecule has 176 valence electrons. The van der Waals surface area contributed by atoms with Crippen molar-refractivity contribution in [3.05, 3.63) is 0 Å². The van der Waals surface area contributed by atoms with Crippen LogP contribution in [-0.2, 0) is 18.9 Å². The van der Waals surface area contributed by atoms with Crippen molar-refractivity contribution in [1.82, 2.24) is 4.90 Å². The monoisotopic (exact) mass is 437 g/mol. The van der Waals surface area contributed by atoms with Gasteiger partial charge in [0.2, 0.25) is 0 Å². The van der Waals surface area contributed by atoms with Gasteiger partial charge in [-0.25, -0.2) is 0 Å². The highest BCUT2D eigenvalue weighted by molar-refractivity contribution is 5.38. The number of methoxy groups -OCH3 is 4. The Bertz CT molecular complexity index is 766. The highest BCUT2D eigenvalue weighted by atomic mass is 16.5. The topological polar surface area (TPSA) is 80.6 Å². The molecule has 0 aromatic rings. The van der Waals surface area contributed by atoms with Crippen molar-refractivity contribution < 1.29 is 29.2 Å². The minimum Gasteiger partial charge on any atom is -0.386 e. The van der Waals surface area contributed by atoms with Crippen molar-refractivity contribution >= 4 is 0 Å². The third kappa shape index (κ3) is 1.97. The minimum absolute atomic E-state index is 0.0431. The lowest BCUT2D eigenvalue weighted by molar-refractivity contribution is -0.339. The summed E-state index contributed by atoms with van der Waals surface area (Å²) in [7, 11) is 7.10. The molecule has 1 aliphatic heterocycles. The summed E-state index contributed by atoms with van der Waals surface area (Å²) in [6.45, 7) is 4.02. The zero-order chi connectivity index (χ0) is 22.0. The summed E-state index contributed by atoms with van der Waals surface area (Å²) in [6, 6.07) is 0.179. The van der Waals surface area contributed by atoms with E-state index in [1.807, 2.05) is 14.2 Å². The normalized spacial score (nSPS) is 61.6. The van der Waals surface area contributed by atoms with Crippen LogP contribution in [-0.4, -0.2) is 97.8 Å². The zero-order valence-corrected chi connectivity index (χ0v) is 19.5. The zero-order valence-electron chi connectivity index (χ0n) is 19.5. The molecule has 7 nitrogen and oxygen atoms in total. The highest BCUT2D eigenvalue weighted by Gasteiger charge is 2.88. The van der Waals surface area contributed by atoms with Crippen LogP contribution in [0.1, 0.15) is 39.0 Å². The molecule has 12 atom stereocenters. The number of nitrogens with zero attached hydrogens (tertiary/aromatic N) is 1. The van der Waals surface area contributed by atoms with Crippen LogP contribution in [0.15, 0.2) is 0 Å². The summed E-state index contributed by atoms with van der Waals surface area (Å²) in [4.78, 5) is 2.55. The first-order valence-corrected chi connectivity index (χ1v) is 12.2. The van der Waals surface area contributed by atoms with Crippen molar-refractivity contribution in [2.45, 2.75) is 80.2 Å². The van der Waals surface area contributed by atoms with Crippen LogP contribution in [0.4, 0.5) is 0 Å². The van der Waals surface area contributed by atoms with Crippen LogP contribution < -0.4 is 0 Å². The Morgan fingerprint density at radius 2 is 1.77 bits per heavy atom. The van der Waals surface area contributed by atoms with E-state index in [1.54, 1.807) is 14.2 Å². The first-order valence-electron chi connectivity index (χ1n) is 12.2. The average Bonchev–Trinajstić information content (AvgIpc) is 3.19. The third-order valence-electron chi connectivity index (χ3n) is 11.3. The number of likely N-dealkylation sites (N-methyl/N-ethyl adjacent to an activating group) is 1. The Morgan fingerprint density at radius 1 is 1.00 bits per heavy atom. The quantitative estimate of drug-likeness (QED) is 0.666. The second-order valence-corrected chi connectivity index (χ2v) is 11.3. The molecule has 31 heavy (non-hydrogen) atoms. The van der Waals surface area contributed by atoms with Gasteiger partial charge in [0.15, 0.2) is 0 Å². The predicted molar refractivity (Wildman–Crippen MR) is 113 cm³/mol. The van der Waals surface area contributed by atoms with E-state index in [0.29, 0.717) is 6.42 Å². The van der Waals surface area contributed by atoms with Gasteiger partial charge in [-0.05, 0) is 38.1 Å². The predicted octanol–water partition coefficient (Wildman–Crippen LogP) is 1.05. The smallest absolute Gasteiger partial charge is 0.124 e. The van der Waals surface area contributed by atoms with E-state index in [1.165, 1.54) is 0 Å². The van der Waals surface area contributed by atoms with Crippen molar-refractivity contribution in [3.63, 3.8) is 0 Å². The van der Waals surface area contributed by atoms with Crippen LogP contribution >= 0.6 is 0 Å². The molecular weight excluding hydrogens is 398 g/mol. The molecule has 5 saturated carbocycles. The lowest BCUT2D eigenvalue weighted by Gasteiger charge is -2.70. The number of piperidine rings is 1. The molecule has 2 N–H and O–H groups in total. The number of likely N-dealkylation sites (tertiary alicyclic amines) is 1. The molecule has 0 amide bonds. The first-order chi connectivity index (χ1) is 14.8. The summed E-state index contributed by atoms with van der Waals surface area (Å²) in [5.41, 5.74) is -3.03. The van der Waals surface area contributed by atoms with Gasteiger partial charge in [0, 0.05) is 70.6 Å². The number of ether oxygens (including phenoxy) is 4. The van der Waals surface area contributed by atoms with E-state index in [0.717, 1.165) is 38.8 Å². The van der Waals surface area contributed by atoms with Crippen LogP contribution in [0.5, 0.6) is 0 Å². The van der Waals surface area contributed by atoms with Gasteiger partial charge in [0.05, 0.1) is 23.9 Å². The van der Waals surface area contributed by atoms with Gasteiger partial charge in [0.25, 0.3) is 0 Å². The largest absolute Gasteiger partial charge is 0.386 e. The maximum absolute atomic E-state index is 12.6. The van der Waals surface area contributed by atoms with Gasteiger partial charge in [-0.3, -0.25) is 4.90 Å². The molecule has 1 saturated heterocycles. The third-order valence-corrected chi connectivity index (χ3v) is 11.3. The summed E-state index contributed by atoms with van der Waals surface area (Å²) in [5.74, 6) is 0.178. The maximum Gasteiger partial charge on any atom is 0.124 e. The molecule has 7 bridgehead atoms. The van der Waals surface area contributed by atoms with Crippen LogP contribution in [0, 0.1) is 29.1 Å². The molecule has 7 heteroatoms. The molecule has 0 aromatic heterocycles. The molecule has 6 aliphatic rings. The summed E-state index contributed by atoms with van der Waals surface area (Å²) < 4.78 is 24.6. The molecule has 6 fully saturated rings. The lowest BCUT2D eigenvalue weighted by Crippen LogP contribution is -2.83. The van der Waals surface area contributed by atoms with Gasteiger partial charge in [-0.15, -0.1) is 0 Å². The van der Waals surface area contributed by atoms with Gasteiger partial charge in [-0.2, -0.15) is 0 Å². The first kappa shape index (κ1) is 21.3. The Morgan fingerprint density at radius 3 is 2.39 bits per heavy atom. The second kappa shape index (κ2) is 6.44. The van der Waals surface area contributed by atoms with Crippen molar-refractivity contribution in [1.29, 1.82) is 0 Å². The van der Waals surface area contributed by atoms with Gasteiger partial charge < -0.3 is 29.2 Å². The van der Waals surface area contributed by atoms with Crippen LogP contribution in [0.25, 0.3) is 0 Å². The fourth-order valence-electron chi connectivity index (χ4n) is 10.6. The van der Waals surface area contributed by atoms with Gasteiger partial charge >= 0.3 is 0 Å². The minimum atomic E-state index is -1.29. The standard InChI is InChI=1S/C24H39NO6/c1-6-25-12-21(31-5)8-7-18(29-3)23-16(21)10-14(19(23)25)22(26)11-15(28-2)13-9-17(23)24(22,27)20(13)30-4/h13-20,26-27H,6-12H2,1-5H3/t13-,14+,15+,16-,17-,18?,19-,20+,21-,22+,23?,24+/m1/s1. The van der Waals surface area contributed by atoms with E-state index in [2.05, 4.69) is 11.8 Å². The fourth-order valence-corrected chi connectivity index (χ4v) is 10.6. The number of fused-ring (bicyclic) bond motifs is 2. The van der Waals surface area contributed by atoms with E-state index >= 15 is 0 Å². The molecule has 1 heterocycles. The Hall–Kier alpha value is -0.280. The summed E-state index contributed by atoms with van der Waals surface area (Å²) in [5, 5.41) is 25.1. The number of aliphatic hydroxyl groups is 2. The SMILES string of the molecule is CCN1C[C@]2(OC)CCC(OC)C34[C@H]5C[C@@H]6[C@@H](OC)C[C@](O)([C@@H](C[C@@H]32)[C@@H]14)[C@@]5(O)[C@H]6OC. The summed E-state index contributed by atoms with van der Waals surface area (Å²) >= 11 is 0. The lowest BCUT2D eigenvalue weighted by atomic mass is 9.44. The van der Waals surface area contributed by atoms with E-state index in [4.69, 9.17) is 18.9 Å². The van der Waals surface area contributed by atoms with E-state index < -0.39 is 17.3 Å².